The predicted octanol–water partition coefficient (Wildman–Crippen LogP) is 2.89. The first-order valence-electron chi connectivity index (χ1n) is 5.39. The molecule has 17 heavy (non-hydrogen) atoms. The highest BCUT2D eigenvalue weighted by Crippen LogP contribution is 2.25. The van der Waals surface area contributed by atoms with Crippen molar-refractivity contribution < 1.29 is 0 Å². The molecular formula is C13H12N4. The van der Waals surface area contributed by atoms with Gasteiger partial charge in [0.25, 0.3) is 0 Å². The van der Waals surface area contributed by atoms with E-state index in [-0.39, 0.29) is 0 Å². The molecule has 0 atom stereocenters. The Bertz CT molecular complexity index is 643. The summed E-state index contributed by atoms with van der Waals surface area (Å²) >= 11 is 0. The van der Waals surface area contributed by atoms with E-state index in [4.69, 9.17) is 5.73 Å². The molecule has 0 saturated carbocycles. The first-order valence-corrected chi connectivity index (χ1v) is 5.39. The van der Waals surface area contributed by atoms with Gasteiger partial charge in [-0.25, -0.2) is 4.98 Å². The van der Waals surface area contributed by atoms with Crippen LogP contribution in [0.15, 0.2) is 48.5 Å². The number of imidazole rings is 1. The van der Waals surface area contributed by atoms with Gasteiger partial charge >= 0.3 is 0 Å². The van der Waals surface area contributed by atoms with Crippen LogP contribution in [-0.4, -0.2) is 9.97 Å². The fourth-order valence-corrected chi connectivity index (χ4v) is 1.83. The highest BCUT2D eigenvalue weighted by Gasteiger charge is 2.04. The molecule has 4 nitrogen and oxygen atoms in total. The SMILES string of the molecule is Nc1nc2cccc(Nc3ccccc3)c2[nH]1. The maximum Gasteiger partial charge on any atom is 0.198 e. The fourth-order valence-electron chi connectivity index (χ4n) is 1.83. The molecule has 0 saturated heterocycles. The zero-order valence-electron chi connectivity index (χ0n) is 9.14. The van der Waals surface area contributed by atoms with Crippen LogP contribution >= 0.6 is 0 Å². The Kier molecular flexibility index (Phi) is 2.19. The lowest BCUT2D eigenvalue weighted by atomic mass is 10.2. The Hall–Kier alpha value is -2.49. The Labute approximate surface area is 98.5 Å². The van der Waals surface area contributed by atoms with E-state index in [9.17, 15) is 0 Å². The summed E-state index contributed by atoms with van der Waals surface area (Å²) in [4.78, 5) is 7.25. The Morgan fingerprint density at radius 1 is 1.00 bits per heavy atom. The quantitative estimate of drug-likeness (QED) is 0.627. The highest BCUT2D eigenvalue weighted by atomic mass is 15.0. The lowest BCUT2D eigenvalue weighted by molar-refractivity contribution is 1.35. The summed E-state index contributed by atoms with van der Waals surface area (Å²) in [6.45, 7) is 0. The zero-order chi connectivity index (χ0) is 11.7. The van der Waals surface area contributed by atoms with Crippen LogP contribution in [0.1, 0.15) is 0 Å². The molecule has 0 aliphatic carbocycles. The van der Waals surface area contributed by atoms with Crippen LogP contribution in [0.2, 0.25) is 0 Å². The van der Waals surface area contributed by atoms with Gasteiger partial charge in [-0.3, -0.25) is 0 Å². The molecule has 3 aromatic rings. The van der Waals surface area contributed by atoms with E-state index in [1.807, 2.05) is 48.5 Å². The molecule has 0 bridgehead atoms. The lowest BCUT2D eigenvalue weighted by Gasteiger charge is -2.06. The van der Waals surface area contributed by atoms with Crippen molar-refractivity contribution in [2.45, 2.75) is 0 Å². The van der Waals surface area contributed by atoms with Crippen molar-refractivity contribution in [2.24, 2.45) is 0 Å². The van der Waals surface area contributed by atoms with Crippen molar-refractivity contribution >= 4 is 28.4 Å². The second-order valence-electron chi connectivity index (χ2n) is 3.81. The molecule has 4 heteroatoms. The number of rotatable bonds is 2. The molecule has 3 rings (SSSR count). The fraction of sp³-hybridized carbons (Fsp3) is 0. The molecule has 0 radical (unpaired) electrons. The molecule has 0 amide bonds. The van der Waals surface area contributed by atoms with Crippen molar-refractivity contribution in [1.82, 2.24) is 9.97 Å². The van der Waals surface area contributed by atoms with Crippen molar-refractivity contribution in [3.05, 3.63) is 48.5 Å². The molecule has 2 aromatic carbocycles. The third-order valence-corrected chi connectivity index (χ3v) is 2.59. The van der Waals surface area contributed by atoms with E-state index in [0.717, 1.165) is 22.4 Å². The van der Waals surface area contributed by atoms with Crippen LogP contribution in [0, 0.1) is 0 Å². The summed E-state index contributed by atoms with van der Waals surface area (Å²) in [5.74, 6) is 0.433. The van der Waals surface area contributed by atoms with Gasteiger partial charge in [0.1, 0.15) is 0 Å². The van der Waals surface area contributed by atoms with Crippen molar-refractivity contribution in [3.63, 3.8) is 0 Å². The third-order valence-electron chi connectivity index (χ3n) is 2.59. The number of nitrogens with two attached hydrogens (primary N) is 1. The number of hydrogen-bond donors (Lipinski definition) is 3. The maximum atomic E-state index is 5.66. The van der Waals surface area contributed by atoms with E-state index in [1.165, 1.54) is 0 Å². The van der Waals surface area contributed by atoms with Gasteiger partial charge in [0, 0.05) is 5.69 Å². The van der Waals surface area contributed by atoms with E-state index in [2.05, 4.69) is 15.3 Å². The Balaban J connectivity index is 2.06. The number of benzene rings is 2. The Morgan fingerprint density at radius 2 is 1.82 bits per heavy atom. The summed E-state index contributed by atoms with van der Waals surface area (Å²) in [5.41, 5.74) is 9.45. The van der Waals surface area contributed by atoms with Crippen LogP contribution in [-0.2, 0) is 0 Å². The number of hydrogen-bond acceptors (Lipinski definition) is 3. The van der Waals surface area contributed by atoms with Crippen LogP contribution in [0.4, 0.5) is 17.3 Å². The van der Waals surface area contributed by atoms with Gasteiger partial charge in [0.05, 0.1) is 16.7 Å². The number of nitrogens with one attached hydrogen (secondary N) is 2. The predicted molar refractivity (Wildman–Crippen MR) is 70.2 cm³/mol. The average Bonchev–Trinajstić information content (AvgIpc) is 2.72. The summed E-state index contributed by atoms with van der Waals surface area (Å²) < 4.78 is 0. The number of aromatic nitrogens is 2. The van der Waals surface area contributed by atoms with Gasteiger partial charge in [-0.05, 0) is 24.3 Å². The van der Waals surface area contributed by atoms with Crippen molar-refractivity contribution in [3.8, 4) is 0 Å². The number of nitrogens with zero attached hydrogens (tertiary/aromatic N) is 1. The Morgan fingerprint density at radius 3 is 2.65 bits per heavy atom. The second kappa shape index (κ2) is 3.83. The maximum absolute atomic E-state index is 5.66. The minimum Gasteiger partial charge on any atom is -0.369 e. The van der Waals surface area contributed by atoms with Crippen molar-refractivity contribution in [1.29, 1.82) is 0 Å². The zero-order valence-corrected chi connectivity index (χ0v) is 9.14. The minimum atomic E-state index is 0.433. The van der Waals surface area contributed by atoms with E-state index in [0.29, 0.717) is 5.95 Å². The molecule has 1 aromatic heterocycles. The lowest BCUT2D eigenvalue weighted by Crippen LogP contribution is -1.90. The minimum absolute atomic E-state index is 0.433. The van der Waals surface area contributed by atoms with Gasteiger partial charge < -0.3 is 16.0 Å². The molecule has 84 valence electrons. The van der Waals surface area contributed by atoms with Crippen LogP contribution < -0.4 is 11.1 Å². The summed E-state index contributed by atoms with van der Waals surface area (Å²) in [6, 6.07) is 15.9. The smallest absolute Gasteiger partial charge is 0.198 e. The normalized spacial score (nSPS) is 10.6. The molecule has 0 aliphatic rings. The van der Waals surface area contributed by atoms with Gasteiger partial charge in [-0.1, -0.05) is 24.3 Å². The number of para-hydroxylation sites is 2. The van der Waals surface area contributed by atoms with E-state index >= 15 is 0 Å². The van der Waals surface area contributed by atoms with Crippen LogP contribution in [0.25, 0.3) is 11.0 Å². The second-order valence-corrected chi connectivity index (χ2v) is 3.81. The molecule has 4 N–H and O–H groups in total. The summed E-state index contributed by atoms with van der Waals surface area (Å²) in [7, 11) is 0. The summed E-state index contributed by atoms with van der Waals surface area (Å²) in [5, 5.41) is 3.33. The standard InChI is InChI=1S/C13H12N4/c14-13-16-11-8-4-7-10(12(11)17-13)15-9-5-2-1-3-6-9/h1-8,15H,(H3,14,16,17). The first-order chi connectivity index (χ1) is 8.33. The van der Waals surface area contributed by atoms with Gasteiger partial charge in [0.15, 0.2) is 5.95 Å². The van der Waals surface area contributed by atoms with Crippen LogP contribution in [0.3, 0.4) is 0 Å². The van der Waals surface area contributed by atoms with Gasteiger partial charge in [-0.2, -0.15) is 0 Å². The molecule has 0 fully saturated rings. The van der Waals surface area contributed by atoms with E-state index < -0.39 is 0 Å². The van der Waals surface area contributed by atoms with E-state index in [1.54, 1.807) is 0 Å². The topological polar surface area (TPSA) is 66.7 Å². The third kappa shape index (κ3) is 1.80. The summed E-state index contributed by atoms with van der Waals surface area (Å²) in [6.07, 6.45) is 0. The molecule has 0 aliphatic heterocycles. The first kappa shape index (κ1) is 9.72. The number of fused-ring (bicyclic) bond motifs is 1. The molecule has 1 heterocycles. The van der Waals surface area contributed by atoms with Crippen LogP contribution in [0.5, 0.6) is 0 Å². The molecule has 0 spiro atoms. The number of H-pyrrole nitrogens is 1. The molecule has 0 unspecified atom stereocenters. The average molecular weight is 224 g/mol. The largest absolute Gasteiger partial charge is 0.369 e. The van der Waals surface area contributed by atoms with Gasteiger partial charge in [-0.15, -0.1) is 0 Å². The highest BCUT2D eigenvalue weighted by molar-refractivity contribution is 5.91. The molecular weight excluding hydrogens is 212 g/mol. The number of anilines is 3. The number of nitrogen functional groups attached to an aromatic ring is 1. The van der Waals surface area contributed by atoms with Gasteiger partial charge in [0.2, 0.25) is 0 Å². The monoisotopic (exact) mass is 224 g/mol. The number of aromatic amines is 1. The van der Waals surface area contributed by atoms with Crippen molar-refractivity contribution in [2.75, 3.05) is 11.1 Å².